The normalized spacial score (nSPS) is 35.5. The van der Waals surface area contributed by atoms with Crippen LogP contribution in [-0.2, 0) is 23.9 Å². The van der Waals surface area contributed by atoms with E-state index in [1.165, 1.54) is 4.90 Å². The fourth-order valence-electron chi connectivity index (χ4n) is 5.93. The summed E-state index contributed by atoms with van der Waals surface area (Å²) in [7, 11) is 0. The summed E-state index contributed by atoms with van der Waals surface area (Å²) in [4.78, 5) is 44.6. The quantitative estimate of drug-likeness (QED) is 0.468. The van der Waals surface area contributed by atoms with Crippen molar-refractivity contribution in [2.75, 3.05) is 26.3 Å². The average Bonchev–Trinajstić information content (AvgIpc) is 3.19. The SMILES string of the molecule is CCCCN1CC=C[C@]23O[C@@H]4/C=C\CCCCOC(=O)[C@@H]4[C@H]2C(=O)N([C@@H](CO)C(C)C)C3C1=O. The van der Waals surface area contributed by atoms with Gasteiger partial charge in [-0.25, -0.2) is 0 Å². The first-order valence-electron chi connectivity index (χ1n) is 12.8. The Bertz CT molecular complexity index is 854. The number of carbonyl (C=O) groups is 3. The molecular formula is C26H38N2O6. The smallest absolute Gasteiger partial charge is 0.312 e. The van der Waals surface area contributed by atoms with Crippen LogP contribution >= 0.6 is 0 Å². The number of aliphatic hydroxyl groups is 1. The lowest BCUT2D eigenvalue weighted by Crippen LogP contribution is -2.59. The second-order valence-corrected chi connectivity index (χ2v) is 10.2. The third kappa shape index (κ3) is 4.09. The maximum Gasteiger partial charge on any atom is 0.312 e. The van der Waals surface area contributed by atoms with Gasteiger partial charge >= 0.3 is 5.97 Å². The highest BCUT2D eigenvalue weighted by molar-refractivity contribution is 5.99. The summed E-state index contributed by atoms with van der Waals surface area (Å²) < 4.78 is 12.2. The van der Waals surface area contributed by atoms with Crippen molar-refractivity contribution in [3.05, 3.63) is 24.3 Å². The number of hydrogen-bond acceptors (Lipinski definition) is 6. The van der Waals surface area contributed by atoms with Crippen LogP contribution in [0.1, 0.15) is 52.9 Å². The Kier molecular flexibility index (Phi) is 7.48. The van der Waals surface area contributed by atoms with Crippen LogP contribution in [0.2, 0.25) is 0 Å². The number of nitrogens with zero attached hydrogens (tertiary/aromatic N) is 2. The molecule has 1 N–H and O–H groups in total. The molecule has 1 spiro atoms. The summed E-state index contributed by atoms with van der Waals surface area (Å²) in [6, 6.07) is -1.49. The Morgan fingerprint density at radius 2 is 1.97 bits per heavy atom. The number of rotatable bonds is 6. The molecule has 8 nitrogen and oxygen atoms in total. The summed E-state index contributed by atoms with van der Waals surface area (Å²) in [5.74, 6) is -2.75. The highest BCUT2D eigenvalue weighted by Gasteiger charge is 2.72. The van der Waals surface area contributed by atoms with Gasteiger partial charge in [0.25, 0.3) is 0 Å². The van der Waals surface area contributed by atoms with E-state index in [9.17, 15) is 19.5 Å². The van der Waals surface area contributed by atoms with Crippen molar-refractivity contribution in [3.63, 3.8) is 0 Å². The van der Waals surface area contributed by atoms with Crippen molar-refractivity contribution in [3.8, 4) is 0 Å². The largest absolute Gasteiger partial charge is 0.465 e. The van der Waals surface area contributed by atoms with E-state index in [1.807, 2.05) is 38.2 Å². The maximum atomic E-state index is 14.1. The molecule has 188 valence electrons. The number of unbranched alkanes of at least 4 members (excludes halogenated alkanes) is 1. The van der Waals surface area contributed by atoms with Crippen LogP contribution in [-0.4, -0.2) is 82.8 Å². The second kappa shape index (κ2) is 10.2. The molecule has 0 saturated carbocycles. The van der Waals surface area contributed by atoms with E-state index in [0.717, 1.165) is 32.1 Å². The predicted octanol–water partition coefficient (Wildman–Crippen LogP) is 2.07. The molecule has 0 aromatic carbocycles. The molecule has 2 saturated heterocycles. The lowest BCUT2D eigenvalue weighted by atomic mass is 9.78. The van der Waals surface area contributed by atoms with Gasteiger partial charge in [-0.3, -0.25) is 14.4 Å². The van der Waals surface area contributed by atoms with Gasteiger partial charge in [-0.2, -0.15) is 0 Å². The monoisotopic (exact) mass is 474 g/mol. The van der Waals surface area contributed by atoms with E-state index in [4.69, 9.17) is 9.47 Å². The molecule has 4 rings (SSSR count). The zero-order valence-electron chi connectivity index (χ0n) is 20.5. The molecule has 0 bridgehead atoms. The van der Waals surface area contributed by atoms with Crippen molar-refractivity contribution in [2.24, 2.45) is 17.8 Å². The number of hydrogen-bond donors (Lipinski definition) is 1. The van der Waals surface area contributed by atoms with E-state index >= 15 is 0 Å². The molecule has 6 atom stereocenters. The second-order valence-electron chi connectivity index (χ2n) is 10.2. The van der Waals surface area contributed by atoms with Crippen LogP contribution in [0.25, 0.3) is 0 Å². The average molecular weight is 475 g/mol. The Hall–Kier alpha value is -2.19. The Balaban J connectivity index is 1.83. The van der Waals surface area contributed by atoms with Crippen molar-refractivity contribution in [1.29, 1.82) is 0 Å². The standard InChI is InChI=1S/C26H38N2O6/c1-4-5-13-27-14-10-12-26-21(20-19(34-26)11-8-6-7-9-15-33-25(20)32)23(30)28(22(26)24(27)31)18(16-29)17(2)3/h8,10-12,17-22,29H,4-7,9,13-16H2,1-3H3/b11-8-/t18-,19+,20-,21-,22?,26-/m0/s1. The predicted molar refractivity (Wildman–Crippen MR) is 126 cm³/mol. The molecule has 0 aromatic rings. The van der Waals surface area contributed by atoms with Gasteiger partial charge in [0.2, 0.25) is 11.8 Å². The van der Waals surface area contributed by atoms with E-state index in [2.05, 4.69) is 6.92 Å². The summed E-state index contributed by atoms with van der Waals surface area (Å²) in [6.45, 7) is 6.96. The highest BCUT2D eigenvalue weighted by Crippen LogP contribution is 2.53. The molecule has 0 aliphatic carbocycles. The molecule has 8 heteroatoms. The minimum Gasteiger partial charge on any atom is -0.465 e. The van der Waals surface area contributed by atoms with Gasteiger partial charge in [-0.15, -0.1) is 0 Å². The number of amides is 2. The van der Waals surface area contributed by atoms with Crippen LogP contribution in [0.3, 0.4) is 0 Å². The van der Waals surface area contributed by atoms with Crippen LogP contribution in [0.15, 0.2) is 24.3 Å². The van der Waals surface area contributed by atoms with E-state index < -0.39 is 41.6 Å². The lowest BCUT2D eigenvalue weighted by molar-refractivity contribution is -0.157. The molecule has 4 heterocycles. The Morgan fingerprint density at radius 1 is 1.18 bits per heavy atom. The molecule has 1 unspecified atom stereocenters. The van der Waals surface area contributed by atoms with Gasteiger partial charge in [0.15, 0.2) is 0 Å². The summed E-state index contributed by atoms with van der Waals surface area (Å²) in [6.07, 6.45) is 11.3. The van der Waals surface area contributed by atoms with E-state index in [1.54, 1.807) is 4.90 Å². The third-order valence-corrected chi connectivity index (χ3v) is 7.72. The molecule has 2 amide bonds. The molecule has 4 aliphatic heterocycles. The van der Waals surface area contributed by atoms with Gasteiger partial charge in [-0.1, -0.05) is 51.5 Å². The Morgan fingerprint density at radius 3 is 2.68 bits per heavy atom. The fraction of sp³-hybridized carbons (Fsp3) is 0.731. The topological polar surface area (TPSA) is 96.4 Å². The van der Waals surface area contributed by atoms with Gasteiger partial charge in [0, 0.05) is 13.1 Å². The van der Waals surface area contributed by atoms with Gasteiger partial charge in [0.1, 0.15) is 17.6 Å². The van der Waals surface area contributed by atoms with Crippen LogP contribution in [0, 0.1) is 17.8 Å². The molecule has 0 aromatic heterocycles. The van der Waals surface area contributed by atoms with Crippen molar-refractivity contribution >= 4 is 17.8 Å². The number of cyclic esters (lactones) is 1. The molecule has 0 radical (unpaired) electrons. The number of likely N-dealkylation sites (tertiary alicyclic amines) is 1. The summed E-state index contributed by atoms with van der Waals surface area (Å²) >= 11 is 0. The molecule has 2 fully saturated rings. The van der Waals surface area contributed by atoms with Crippen molar-refractivity contribution in [1.82, 2.24) is 9.80 Å². The number of fused-ring (bicyclic) bond motifs is 2. The highest BCUT2D eigenvalue weighted by atomic mass is 16.6. The molecule has 4 aliphatic rings. The first-order valence-corrected chi connectivity index (χ1v) is 12.8. The Labute approximate surface area is 201 Å². The number of esters is 1. The van der Waals surface area contributed by atoms with Crippen molar-refractivity contribution < 1.29 is 29.0 Å². The maximum absolute atomic E-state index is 14.1. The van der Waals surface area contributed by atoms with Gasteiger partial charge in [0.05, 0.1) is 31.3 Å². The minimum absolute atomic E-state index is 0.0827. The van der Waals surface area contributed by atoms with E-state index in [-0.39, 0.29) is 24.3 Å². The lowest BCUT2D eigenvalue weighted by Gasteiger charge is -2.39. The third-order valence-electron chi connectivity index (χ3n) is 7.72. The summed E-state index contributed by atoms with van der Waals surface area (Å²) in [5, 5.41) is 10.2. The summed E-state index contributed by atoms with van der Waals surface area (Å²) in [5.41, 5.74) is -1.27. The number of carbonyl (C=O) groups excluding carboxylic acids is 3. The minimum atomic E-state index is -1.27. The van der Waals surface area contributed by atoms with Crippen LogP contribution in [0.5, 0.6) is 0 Å². The molecular weight excluding hydrogens is 436 g/mol. The zero-order chi connectivity index (χ0) is 24.5. The zero-order valence-corrected chi connectivity index (χ0v) is 20.5. The van der Waals surface area contributed by atoms with Crippen molar-refractivity contribution in [2.45, 2.75) is 76.7 Å². The number of allylic oxidation sites excluding steroid dienone is 1. The van der Waals surface area contributed by atoms with Gasteiger partial charge < -0.3 is 24.4 Å². The van der Waals surface area contributed by atoms with Gasteiger partial charge in [-0.05, 0) is 31.6 Å². The first kappa shape index (κ1) is 24.9. The fourth-order valence-corrected chi connectivity index (χ4v) is 5.93. The van der Waals surface area contributed by atoms with Crippen LogP contribution < -0.4 is 0 Å². The van der Waals surface area contributed by atoms with Crippen LogP contribution in [0.4, 0.5) is 0 Å². The first-order chi connectivity index (χ1) is 16.4. The van der Waals surface area contributed by atoms with E-state index in [0.29, 0.717) is 19.7 Å². The number of ether oxygens (including phenoxy) is 2. The molecule has 34 heavy (non-hydrogen) atoms. The number of aliphatic hydroxyl groups excluding tert-OH is 1.